The molecule has 0 aromatic carbocycles. The molecule has 2 heterocycles. The summed E-state index contributed by atoms with van der Waals surface area (Å²) in [6.45, 7) is 13.0. The first-order chi connectivity index (χ1) is 12.7. The minimum Gasteiger partial charge on any atom is -0.464 e. The molecular weight excluding hydrogens is 360 g/mol. The number of fused-ring (bicyclic) bond motifs is 4. The Kier molecular flexibility index (Phi) is 5.86. The Bertz CT molecular complexity index is 557. The Morgan fingerprint density at radius 2 is 1.81 bits per heavy atom. The third-order valence-electron chi connectivity index (χ3n) is 8.09. The summed E-state index contributed by atoms with van der Waals surface area (Å²) in [6.07, 6.45) is 1.44. The zero-order chi connectivity index (χ0) is 20.0. The van der Waals surface area contributed by atoms with Crippen LogP contribution >= 0.6 is 0 Å². The molecule has 5 nitrogen and oxygen atoms in total. The number of esters is 1. The topological polar surface area (TPSA) is 65.0 Å². The van der Waals surface area contributed by atoms with Gasteiger partial charge in [0.05, 0.1) is 24.4 Å². The number of aliphatic hydroxyl groups excluding tert-OH is 1. The molecule has 1 N–H and O–H groups in total. The van der Waals surface area contributed by atoms with Crippen molar-refractivity contribution in [2.75, 3.05) is 6.61 Å². The van der Waals surface area contributed by atoms with Gasteiger partial charge in [-0.2, -0.15) is 0 Å². The second-order valence-electron chi connectivity index (χ2n) is 9.14. The monoisotopic (exact) mass is 398 g/mol. The molecule has 3 rings (SSSR count). The summed E-state index contributed by atoms with van der Waals surface area (Å²) < 4.78 is 19.0. The molecule has 0 aromatic heterocycles. The van der Waals surface area contributed by atoms with E-state index in [0.29, 0.717) is 12.5 Å². The maximum Gasteiger partial charge on any atom is 0.341 e. The summed E-state index contributed by atoms with van der Waals surface area (Å²) in [7, 11) is -1.97. The van der Waals surface area contributed by atoms with Crippen molar-refractivity contribution in [2.45, 2.75) is 102 Å². The standard InChI is InChI=1S/C21H38O5Si/c1-7-24-19(23)21-13-16(22)20(6,26-21)15-12-11-14(5)17(15)18(21)25-27(8-2,9-3)10-4/h14-18,22H,7-13H2,1-6H3/t14-,15-,16-,17-,18-,20-,21-/m1/s1. The second-order valence-corrected chi connectivity index (χ2v) is 13.9. The van der Waals surface area contributed by atoms with E-state index in [4.69, 9.17) is 13.9 Å². The number of hydrogen-bond donors (Lipinski definition) is 1. The van der Waals surface area contributed by atoms with Crippen molar-refractivity contribution in [3.8, 4) is 0 Å². The predicted molar refractivity (Wildman–Crippen MR) is 107 cm³/mol. The average Bonchev–Trinajstić information content (AvgIpc) is 3.15. The van der Waals surface area contributed by atoms with E-state index < -0.39 is 25.6 Å². The summed E-state index contributed by atoms with van der Waals surface area (Å²) in [6, 6.07) is 3.09. The van der Waals surface area contributed by atoms with Gasteiger partial charge in [-0.3, -0.25) is 0 Å². The van der Waals surface area contributed by atoms with Crippen molar-refractivity contribution in [1.82, 2.24) is 0 Å². The lowest BCUT2D eigenvalue weighted by Gasteiger charge is -2.52. The summed E-state index contributed by atoms with van der Waals surface area (Å²) in [4.78, 5) is 13.2. The molecule has 0 amide bonds. The van der Waals surface area contributed by atoms with E-state index in [-0.39, 0.29) is 30.3 Å². The van der Waals surface area contributed by atoms with Crippen LogP contribution in [0.3, 0.4) is 0 Å². The Morgan fingerprint density at radius 3 is 2.37 bits per heavy atom. The third kappa shape index (κ3) is 3.02. The molecule has 3 aliphatic rings. The highest BCUT2D eigenvalue weighted by Crippen LogP contribution is 2.61. The lowest BCUT2D eigenvalue weighted by molar-refractivity contribution is -0.246. The maximum atomic E-state index is 13.2. The highest BCUT2D eigenvalue weighted by atomic mass is 28.4. The molecule has 0 spiro atoms. The molecule has 1 aliphatic carbocycles. The number of aliphatic hydroxyl groups is 1. The Balaban J connectivity index is 2.09. The molecule has 2 saturated heterocycles. The van der Waals surface area contributed by atoms with E-state index in [9.17, 15) is 9.90 Å². The van der Waals surface area contributed by atoms with Crippen LogP contribution in [0.25, 0.3) is 0 Å². The van der Waals surface area contributed by atoms with Gasteiger partial charge in [-0.1, -0.05) is 27.7 Å². The number of rotatable bonds is 7. The van der Waals surface area contributed by atoms with Crippen LogP contribution in [0, 0.1) is 17.8 Å². The van der Waals surface area contributed by atoms with Crippen LogP contribution in [0.5, 0.6) is 0 Å². The fourth-order valence-corrected chi connectivity index (χ4v) is 9.03. The van der Waals surface area contributed by atoms with Gasteiger partial charge in [-0.05, 0) is 62.6 Å². The van der Waals surface area contributed by atoms with Crippen molar-refractivity contribution in [1.29, 1.82) is 0 Å². The van der Waals surface area contributed by atoms with Crippen molar-refractivity contribution in [3.05, 3.63) is 0 Å². The zero-order valence-corrected chi connectivity index (χ0v) is 18.9. The molecule has 3 fully saturated rings. The first-order valence-corrected chi connectivity index (χ1v) is 13.5. The van der Waals surface area contributed by atoms with Crippen LogP contribution in [-0.4, -0.2) is 49.4 Å². The molecule has 156 valence electrons. The molecule has 2 bridgehead atoms. The van der Waals surface area contributed by atoms with Crippen LogP contribution < -0.4 is 0 Å². The van der Waals surface area contributed by atoms with E-state index in [1.54, 1.807) is 0 Å². The van der Waals surface area contributed by atoms with Gasteiger partial charge < -0.3 is 19.0 Å². The van der Waals surface area contributed by atoms with Crippen molar-refractivity contribution in [3.63, 3.8) is 0 Å². The van der Waals surface area contributed by atoms with E-state index in [2.05, 4.69) is 27.7 Å². The summed E-state index contributed by atoms with van der Waals surface area (Å²) in [5, 5.41) is 11.0. The molecule has 0 unspecified atom stereocenters. The number of hydrogen-bond acceptors (Lipinski definition) is 5. The van der Waals surface area contributed by atoms with Gasteiger partial charge in [0.15, 0.2) is 13.9 Å². The Hall–Kier alpha value is -0.433. The van der Waals surface area contributed by atoms with Gasteiger partial charge in [0.25, 0.3) is 0 Å². The zero-order valence-electron chi connectivity index (χ0n) is 17.9. The largest absolute Gasteiger partial charge is 0.464 e. The second kappa shape index (κ2) is 7.43. The summed E-state index contributed by atoms with van der Waals surface area (Å²) in [5.41, 5.74) is -1.85. The van der Waals surface area contributed by atoms with Crippen LogP contribution in [0.2, 0.25) is 18.1 Å². The third-order valence-corrected chi connectivity index (χ3v) is 12.7. The first kappa shape index (κ1) is 21.3. The fourth-order valence-electron chi connectivity index (χ4n) is 6.14. The lowest BCUT2D eigenvalue weighted by atomic mass is 9.72. The van der Waals surface area contributed by atoms with E-state index in [1.807, 2.05) is 13.8 Å². The van der Waals surface area contributed by atoms with Crippen LogP contribution in [-0.2, 0) is 18.7 Å². The SMILES string of the molecule is CCOC(=O)[C@]12C[C@@H](O)[C@](C)(O1)[C@@H]1CC[C@@H](C)[C@H]1[C@H]2O[Si](CC)(CC)CC. The molecule has 1 saturated carbocycles. The molecule has 0 aromatic rings. The van der Waals surface area contributed by atoms with E-state index >= 15 is 0 Å². The van der Waals surface area contributed by atoms with Crippen LogP contribution in [0.15, 0.2) is 0 Å². The molecular formula is C21H38O5Si. The highest BCUT2D eigenvalue weighted by Gasteiger charge is 2.73. The van der Waals surface area contributed by atoms with Gasteiger partial charge in [-0.25, -0.2) is 4.79 Å². The fraction of sp³-hybridized carbons (Fsp3) is 0.952. The summed E-state index contributed by atoms with van der Waals surface area (Å²) in [5.74, 6) is 0.581. The Morgan fingerprint density at radius 1 is 1.19 bits per heavy atom. The summed E-state index contributed by atoms with van der Waals surface area (Å²) >= 11 is 0. The molecule has 0 radical (unpaired) electrons. The smallest absolute Gasteiger partial charge is 0.341 e. The number of carbonyl (C=O) groups excluding carboxylic acids is 1. The Labute approximate surface area is 165 Å². The molecule has 7 atom stereocenters. The minimum absolute atomic E-state index is 0.231. The van der Waals surface area contributed by atoms with E-state index in [0.717, 1.165) is 31.0 Å². The van der Waals surface area contributed by atoms with Crippen molar-refractivity contribution >= 4 is 14.3 Å². The molecule has 6 heteroatoms. The number of carbonyl (C=O) groups is 1. The quantitative estimate of drug-likeness (QED) is 0.520. The van der Waals surface area contributed by atoms with Crippen molar-refractivity contribution in [2.24, 2.45) is 17.8 Å². The number of ether oxygens (including phenoxy) is 2. The van der Waals surface area contributed by atoms with Gasteiger partial charge in [-0.15, -0.1) is 0 Å². The highest BCUT2D eigenvalue weighted by molar-refractivity contribution is 6.73. The van der Waals surface area contributed by atoms with Gasteiger partial charge in [0.1, 0.15) is 0 Å². The van der Waals surface area contributed by atoms with Crippen LogP contribution in [0.4, 0.5) is 0 Å². The molecule has 2 aliphatic heterocycles. The normalized spacial score (nSPS) is 43.6. The van der Waals surface area contributed by atoms with Crippen LogP contribution in [0.1, 0.15) is 60.8 Å². The van der Waals surface area contributed by atoms with E-state index in [1.165, 1.54) is 0 Å². The van der Waals surface area contributed by atoms with Crippen molar-refractivity contribution < 1.29 is 23.8 Å². The van der Waals surface area contributed by atoms with Gasteiger partial charge in [0.2, 0.25) is 0 Å². The predicted octanol–water partition coefficient (Wildman–Crippen LogP) is 3.89. The minimum atomic E-state index is -1.97. The lowest BCUT2D eigenvalue weighted by Crippen LogP contribution is -2.65. The van der Waals surface area contributed by atoms with Gasteiger partial charge >= 0.3 is 5.97 Å². The average molecular weight is 399 g/mol. The maximum absolute atomic E-state index is 13.2. The molecule has 27 heavy (non-hydrogen) atoms. The van der Waals surface area contributed by atoms with Gasteiger partial charge in [0, 0.05) is 6.42 Å². The first-order valence-electron chi connectivity index (χ1n) is 11.0.